The average Bonchev–Trinajstić information content (AvgIpc) is 2.68. The van der Waals surface area contributed by atoms with E-state index in [1.807, 2.05) is 6.20 Å². The highest BCUT2D eigenvalue weighted by Gasteiger charge is 2.15. The highest BCUT2D eigenvalue weighted by atomic mass is 16.5. The second kappa shape index (κ2) is 5.31. The fraction of sp³-hybridized carbons (Fsp3) is 0.750. The van der Waals surface area contributed by atoms with Crippen LogP contribution >= 0.6 is 0 Å². The zero-order chi connectivity index (χ0) is 10.5. The number of aryl methyl sites for hydroxylation is 1. The van der Waals surface area contributed by atoms with Gasteiger partial charge in [-0.2, -0.15) is 0 Å². The lowest BCUT2D eigenvalue weighted by Crippen LogP contribution is -2.21. The Balaban J connectivity index is 1.93. The maximum absolute atomic E-state index is 5.37. The van der Waals surface area contributed by atoms with Gasteiger partial charge in [0.2, 0.25) is 0 Å². The predicted molar refractivity (Wildman–Crippen MR) is 59.8 cm³/mol. The lowest BCUT2D eigenvalue weighted by atomic mass is 10.0. The van der Waals surface area contributed by atoms with Gasteiger partial charge in [-0.1, -0.05) is 6.92 Å². The van der Waals surface area contributed by atoms with E-state index >= 15 is 0 Å². The maximum Gasteiger partial charge on any atom is 0.108 e. The summed E-state index contributed by atoms with van der Waals surface area (Å²) in [5.41, 5.74) is 0. The van der Waals surface area contributed by atoms with E-state index in [0.29, 0.717) is 0 Å². The van der Waals surface area contributed by atoms with Crippen molar-refractivity contribution < 1.29 is 4.74 Å². The first-order valence-corrected chi connectivity index (χ1v) is 5.98. The molecular weight excluding hydrogens is 188 g/mol. The molecular formula is C12H20N2O. The van der Waals surface area contributed by atoms with Gasteiger partial charge in [-0.15, -0.1) is 0 Å². The van der Waals surface area contributed by atoms with Crippen molar-refractivity contribution in [2.75, 3.05) is 13.2 Å². The fourth-order valence-electron chi connectivity index (χ4n) is 2.17. The van der Waals surface area contributed by atoms with E-state index in [1.54, 1.807) is 0 Å². The molecule has 0 spiro atoms. The van der Waals surface area contributed by atoms with E-state index in [-0.39, 0.29) is 0 Å². The molecule has 0 aliphatic carbocycles. The Labute approximate surface area is 91.5 Å². The van der Waals surface area contributed by atoms with Gasteiger partial charge in [-0.05, 0) is 25.2 Å². The van der Waals surface area contributed by atoms with E-state index in [1.165, 1.54) is 25.1 Å². The van der Waals surface area contributed by atoms with Crippen molar-refractivity contribution in [1.82, 2.24) is 9.55 Å². The van der Waals surface area contributed by atoms with Crippen LogP contribution in [-0.4, -0.2) is 22.8 Å². The van der Waals surface area contributed by atoms with Crippen molar-refractivity contribution in [2.45, 2.75) is 39.2 Å². The van der Waals surface area contributed by atoms with Gasteiger partial charge in [0.1, 0.15) is 5.82 Å². The molecule has 0 N–H and O–H groups in total. The number of aromatic nitrogens is 2. The van der Waals surface area contributed by atoms with Crippen LogP contribution in [-0.2, 0) is 17.7 Å². The Kier molecular flexibility index (Phi) is 3.78. The second-order valence-corrected chi connectivity index (χ2v) is 4.30. The first-order valence-electron chi connectivity index (χ1n) is 5.98. The van der Waals surface area contributed by atoms with E-state index in [9.17, 15) is 0 Å². The normalized spacial score (nSPS) is 18.2. The molecule has 84 valence electrons. The van der Waals surface area contributed by atoms with Crippen molar-refractivity contribution in [3.05, 3.63) is 18.2 Å². The summed E-state index contributed by atoms with van der Waals surface area (Å²) in [6.45, 7) is 5.19. The number of hydrogen-bond donors (Lipinski definition) is 0. The van der Waals surface area contributed by atoms with Gasteiger partial charge in [0.25, 0.3) is 0 Å². The largest absolute Gasteiger partial charge is 0.381 e. The van der Waals surface area contributed by atoms with Crippen LogP contribution < -0.4 is 0 Å². The quantitative estimate of drug-likeness (QED) is 0.759. The molecule has 15 heavy (non-hydrogen) atoms. The summed E-state index contributed by atoms with van der Waals surface area (Å²) in [6, 6.07) is 0. The molecule has 2 heterocycles. The minimum atomic E-state index is 0.781. The molecule has 1 aromatic heterocycles. The Morgan fingerprint density at radius 1 is 1.47 bits per heavy atom. The smallest absolute Gasteiger partial charge is 0.108 e. The van der Waals surface area contributed by atoms with Crippen LogP contribution in [0.5, 0.6) is 0 Å². The van der Waals surface area contributed by atoms with Crippen LogP contribution in [0.3, 0.4) is 0 Å². The second-order valence-electron chi connectivity index (χ2n) is 4.30. The highest BCUT2D eigenvalue weighted by Crippen LogP contribution is 2.17. The van der Waals surface area contributed by atoms with Crippen LogP contribution in [0, 0.1) is 5.92 Å². The SMILES string of the molecule is CCCc1nccn1CC1CCOCC1. The molecule has 0 aromatic carbocycles. The summed E-state index contributed by atoms with van der Waals surface area (Å²) < 4.78 is 7.69. The van der Waals surface area contributed by atoms with Gasteiger partial charge in [-0.25, -0.2) is 4.98 Å². The molecule has 0 bridgehead atoms. The molecule has 3 nitrogen and oxygen atoms in total. The molecule has 1 fully saturated rings. The molecule has 0 amide bonds. The number of hydrogen-bond acceptors (Lipinski definition) is 2. The van der Waals surface area contributed by atoms with Crippen LogP contribution in [0.25, 0.3) is 0 Å². The highest BCUT2D eigenvalue weighted by molar-refractivity contribution is 4.92. The van der Waals surface area contributed by atoms with E-state index in [2.05, 4.69) is 22.7 Å². The predicted octanol–water partition coefficient (Wildman–Crippen LogP) is 2.26. The molecule has 0 unspecified atom stereocenters. The van der Waals surface area contributed by atoms with Crippen molar-refractivity contribution in [1.29, 1.82) is 0 Å². The maximum atomic E-state index is 5.37. The third kappa shape index (κ3) is 2.81. The Hall–Kier alpha value is -0.830. The minimum absolute atomic E-state index is 0.781. The van der Waals surface area contributed by atoms with Gasteiger partial charge in [0, 0.05) is 38.6 Å². The molecule has 1 aliphatic heterocycles. The van der Waals surface area contributed by atoms with Crippen molar-refractivity contribution >= 4 is 0 Å². The molecule has 0 radical (unpaired) electrons. The fourth-order valence-corrected chi connectivity index (χ4v) is 2.17. The third-order valence-corrected chi connectivity index (χ3v) is 3.07. The topological polar surface area (TPSA) is 27.1 Å². The Morgan fingerprint density at radius 2 is 2.27 bits per heavy atom. The van der Waals surface area contributed by atoms with Gasteiger partial charge < -0.3 is 9.30 Å². The van der Waals surface area contributed by atoms with Crippen molar-refractivity contribution in [3.63, 3.8) is 0 Å². The minimum Gasteiger partial charge on any atom is -0.381 e. The zero-order valence-corrected chi connectivity index (χ0v) is 9.48. The molecule has 2 rings (SSSR count). The van der Waals surface area contributed by atoms with Crippen LogP contribution in [0.1, 0.15) is 32.0 Å². The number of nitrogens with zero attached hydrogens (tertiary/aromatic N) is 2. The summed E-state index contributed by atoms with van der Waals surface area (Å²) in [5, 5.41) is 0. The van der Waals surface area contributed by atoms with Gasteiger partial charge >= 0.3 is 0 Å². The first-order chi connectivity index (χ1) is 7.40. The van der Waals surface area contributed by atoms with Crippen LogP contribution in [0.15, 0.2) is 12.4 Å². The number of rotatable bonds is 4. The molecule has 1 aliphatic rings. The van der Waals surface area contributed by atoms with Gasteiger partial charge in [-0.3, -0.25) is 0 Å². The lowest BCUT2D eigenvalue weighted by molar-refractivity contribution is 0.0610. The molecule has 3 heteroatoms. The third-order valence-electron chi connectivity index (χ3n) is 3.07. The van der Waals surface area contributed by atoms with E-state index in [4.69, 9.17) is 4.74 Å². The summed E-state index contributed by atoms with van der Waals surface area (Å²) in [6.07, 6.45) is 8.69. The summed E-state index contributed by atoms with van der Waals surface area (Å²) in [7, 11) is 0. The molecule has 0 saturated carbocycles. The Bertz CT molecular complexity index is 290. The standard InChI is InChI=1S/C12H20N2O/c1-2-3-12-13-6-7-14(12)10-11-4-8-15-9-5-11/h6-7,11H,2-5,8-10H2,1H3. The molecule has 1 aromatic rings. The van der Waals surface area contributed by atoms with Crippen LogP contribution in [0.2, 0.25) is 0 Å². The van der Waals surface area contributed by atoms with Crippen molar-refractivity contribution in [3.8, 4) is 0 Å². The summed E-state index contributed by atoms with van der Waals surface area (Å²) in [5.74, 6) is 2.02. The zero-order valence-electron chi connectivity index (χ0n) is 9.48. The first kappa shape index (κ1) is 10.7. The van der Waals surface area contributed by atoms with E-state index < -0.39 is 0 Å². The lowest BCUT2D eigenvalue weighted by Gasteiger charge is -2.23. The molecule has 0 atom stereocenters. The Morgan fingerprint density at radius 3 is 3.00 bits per heavy atom. The van der Waals surface area contributed by atoms with Gasteiger partial charge in [0.05, 0.1) is 0 Å². The number of ether oxygens (including phenoxy) is 1. The molecule has 1 saturated heterocycles. The van der Waals surface area contributed by atoms with Crippen molar-refractivity contribution in [2.24, 2.45) is 5.92 Å². The van der Waals surface area contributed by atoms with E-state index in [0.717, 1.165) is 32.1 Å². The average molecular weight is 208 g/mol. The van der Waals surface area contributed by atoms with Gasteiger partial charge in [0.15, 0.2) is 0 Å². The number of imidazole rings is 1. The summed E-state index contributed by atoms with van der Waals surface area (Å²) in [4.78, 5) is 4.40. The monoisotopic (exact) mass is 208 g/mol. The van der Waals surface area contributed by atoms with Crippen LogP contribution in [0.4, 0.5) is 0 Å². The summed E-state index contributed by atoms with van der Waals surface area (Å²) >= 11 is 0.